The van der Waals surface area contributed by atoms with Crippen LogP contribution in [0.5, 0.6) is 0 Å². The molecular formula is C13H18Cl2N2O. The number of halogens is 2. The van der Waals surface area contributed by atoms with E-state index in [0.717, 1.165) is 12.8 Å². The summed E-state index contributed by atoms with van der Waals surface area (Å²) in [5, 5.41) is 0.616. The summed E-state index contributed by atoms with van der Waals surface area (Å²) in [7, 11) is 1.78. The van der Waals surface area contributed by atoms with Crippen molar-refractivity contribution in [1.82, 2.24) is 4.90 Å². The number of hydrogen-bond donors (Lipinski definition) is 1. The van der Waals surface area contributed by atoms with Crippen LogP contribution in [0.2, 0.25) is 10.0 Å². The predicted octanol–water partition coefficient (Wildman–Crippen LogP) is 3.84. The Kier molecular flexibility index (Phi) is 5.29. The Hall–Kier alpha value is -0.930. The van der Waals surface area contributed by atoms with Crippen LogP contribution in [-0.4, -0.2) is 23.9 Å². The van der Waals surface area contributed by atoms with E-state index in [4.69, 9.17) is 28.9 Å². The zero-order valence-corrected chi connectivity index (χ0v) is 12.3. The van der Waals surface area contributed by atoms with Crippen LogP contribution in [0.4, 0.5) is 5.69 Å². The molecule has 1 aromatic carbocycles. The molecule has 18 heavy (non-hydrogen) atoms. The molecule has 5 heteroatoms. The first-order valence-corrected chi connectivity index (χ1v) is 6.65. The molecule has 100 valence electrons. The highest BCUT2D eigenvalue weighted by molar-refractivity contribution is 6.39. The maximum absolute atomic E-state index is 12.2. The first-order chi connectivity index (χ1) is 8.38. The van der Waals surface area contributed by atoms with Crippen molar-refractivity contribution < 1.29 is 4.79 Å². The van der Waals surface area contributed by atoms with Crippen LogP contribution in [0.3, 0.4) is 0 Å². The molecule has 0 aliphatic rings. The molecule has 1 unspecified atom stereocenters. The van der Waals surface area contributed by atoms with Gasteiger partial charge in [0.1, 0.15) is 0 Å². The lowest BCUT2D eigenvalue weighted by molar-refractivity contribution is 0.0737. The number of nitrogen functional groups attached to an aromatic ring is 1. The second kappa shape index (κ2) is 6.30. The molecule has 2 N–H and O–H groups in total. The number of carbonyl (C=O) groups is 1. The van der Waals surface area contributed by atoms with Crippen LogP contribution in [0.1, 0.15) is 37.0 Å². The average molecular weight is 289 g/mol. The summed E-state index contributed by atoms with van der Waals surface area (Å²) >= 11 is 11.9. The second-order valence-corrected chi connectivity index (χ2v) is 5.22. The normalized spacial score (nSPS) is 12.3. The fraction of sp³-hybridized carbons (Fsp3) is 0.462. The maximum Gasteiger partial charge on any atom is 0.253 e. The Balaban J connectivity index is 2.97. The topological polar surface area (TPSA) is 46.3 Å². The SMILES string of the molecule is CCCC(C)N(C)C(=O)c1cc(Cl)c(N)c(Cl)c1. The number of carbonyl (C=O) groups excluding carboxylic acids is 1. The van der Waals surface area contributed by atoms with E-state index in [1.165, 1.54) is 0 Å². The molecule has 0 bridgehead atoms. The Morgan fingerprint density at radius 3 is 2.33 bits per heavy atom. The monoisotopic (exact) mass is 288 g/mol. The number of anilines is 1. The van der Waals surface area contributed by atoms with E-state index in [2.05, 4.69) is 6.92 Å². The molecule has 0 fully saturated rings. The zero-order valence-electron chi connectivity index (χ0n) is 10.8. The van der Waals surface area contributed by atoms with Gasteiger partial charge in [-0.05, 0) is 25.5 Å². The highest BCUT2D eigenvalue weighted by Crippen LogP contribution is 2.29. The van der Waals surface area contributed by atoms with Crippen molar-refractivity contribution in [3.8, 4) is 0 Å². The van der Waals surface area contributed by atoms with Crippen molar-refractivity contribution in [3.63, 3.8) is 0 Å². The van der Waals surface area contributed by atoms with Gasteiger partial charge < -0.3 is 10.6 Å². The molecule has 0 saturated heterocycles. The van der Waals surface area contributed by atoms with Gasteiger partial charge in [-0.3, -0.25) is 4.79 Å². The van der Waals surface area contributed by atoms with Crippen molar-refractivity contribution in [2.24, 2.45) is 0 Å². The van der Waals surface area contributed by atoms with Crippen LogP contribution in [0, 0.1) is 0 Å². The number of amides is 1. The first-order valence-electron chi connectivity index (χ1n) is 5.90. The van der Waals surface area contributed by atoms with Crippen LogP contribution < -0.4 is 5.73 Å². The summed E-state index contributed by atoms with van der Waals surface area (Å²) in [6.07, 6.45) is 1.99. The quantitative estimate of drug-likeness (QED) is 0.856. The molecule has 1 rings (SSSR count). The van der Waals surface area contributed by atoms with Gasteiger partial charge in [0, 0.05) is 18.7 Å². The number of nitrogens with two attached hydrogens (primary N) is 1. The smallest absolute Gasteiger partial charge is 0.253 e. The van der Waals surface area contributed by atoms with Gasteiger partial charge in [-0.25, -0.2) is 0 Å². The summed E-state index contributed by atoms with van der Waals surface area (Å²) in [5.74, 6) is -0.0975. The standard InChI is InChI=1S/C13H18Cl2N2O/c1-4-5-8(2)17(3)13(18)9-6-10(14)12(16)11(15)7-9/h6-8H,4-5,16H2,1-3H3. The summed E-state index contributed by atoms with van der Waals surface area (Å²) in [4.78, 5) is 13.9. The number of hydrogen-bond acceptors (Lipinski definition) is 2. The van der Waals surface area contributed by atoms with Gasteiger partial charge in [0.05, 0.1) is 15.7 Å². The van der Waals surface area contributed by atoms with Crippen molar-refractivity contribution in [1.29, 1.82) is 0 Å². The molecule has 0 aromatic heterocycles. The molecular weight excluding hydrogens is 271 g/mol. The first kappa shape index (κ1) is 15.1. The summed E-state index contributed by atoms with van der Waals surface area (Å²) in [6, 6.07) is 3.29. The highest BCUT2D eigenvalue weighted by Gasteiger charge is 2.18. The molecule has 0 heterocycles. The van der Waals surface area contributed by atoms with E-state index in [-0.39, 0.29) is 11.9 Å². The minimum absolute atomic E-state index is 0.0975. The number of benzene rings is 1. The molecule has 0 radical (unpaired) electrons. The van der Waals surface area contributed by atoms with Gasteiger partial charge in [-0.1, -0.05) is 36.5 Å². The third-order valence-electron chi connectivity index (χ3n) is 3.01. The summed E-state index contributed by atoms with van der Waals surface area (Å²) < 4.78 is 0. The maximum atomic E-state index is 12.2. The Morgan fingerprint density at radius 1 is 1.39 bits per heavy atom. The fourth-order valence-corrected chi connectivity index (χ4v) is 2.21. The average Bonchev–Trinajstić information content (AvgIpc) is 2.33. The Labute approximate surface area is 118 Å². The van der Waals surface area contributed by atoms with Crippen LogP contribution in [0.25, 0.3) is 0 Å². The largest absolute Gasteiger partial charge is 0.396 e. The fourth-order valence-electron chi connectivity index (χ4n) is 1.72. The minimum Gasteiger partial charge on any atom is -0.396 e. The van der Waals surface area contributed by atoms with Gasteiger partial charge in [0.2, 0.25) is 0 Å². The highest BCUT2D eigenvalue weighted by atomic mass is 35.5. The van der Waals surface area contributed by atoms with E-state index in [1.807, 2.05) is 6.92 Å². The van der Waals surface area contributed by atoms with Crippen molar-refractivity contribution in [2.45, 2.75) is 32.7 Å². The van der Waals surface area contributed by atoms with Crippen molar-refractivity contribution >= 4 is 34.8 Å². The lowest BCUT2D eigenvalue weighted by atomic mass is 10.1. The Bertz CT molecular complexity index is 426. The van der Waals surface area contributed by atoms with Crippen LogP contribution >= 0.6 is 23.2 Å². The van der Waals surface area contributed by atoms with Gasteiger partial charge >= 0.3 is 0 Å². The van der Waals surface area contributed by atoms with E-state index in [1.54, 1.807) is 24.1 Å². The lowest BCUT2D eigenvalue weighted by Gasteiger charge is -2.25. The van der Waals surface area contributed by atoms with Crippen LogP contribution in [0.15, 0.2) is 12.1 Å². The van der Waals surface area contributed by atoms with E-state index < -0.39 is 0 Å². The summed E-state index contributed by atoms with van der Waals surface area (Å²) in [5.41, 5.74) is 6.41. The third-order valence-corrected chi connectivity index (χ3v) is 3.64. The predicted molar refractivity (Wildman–Crippen MR) is 77.3 cm³/mol. The summed E-state index contributed by atoms with van der Waals surface area (Å²) in [6.45, 7) is 4.10. The third kappa shape index (κ3) is 3.30. The van der Waals surface area contributed by atoms with Crippen LogP contribution in [-0.2, 0) is 0 Å². The number of rotatable bonds is 4. The second-order valence-electron chi connectivity index (χ2n) is 4.41. The van der Waals surface area contributed by atoms with Gasteiger partial charge in [0.15, 0.2) is 0 Å². The molecule has 1 atom stereocenters. The van der Waals surface area contributed by atoms with E-state index in [9.17, 15) is 4.79 Å². The van der Waals surface area contributed by atoms with Gasteiger partial charge in [-0.2, -0.15) is 0 Å². The molecule has 0 aliphatic heterocycles. The van der Waals surface area contributed by atoms with Gasteiger partial charge in [-0.15, -0.1) is 0 Å². The molecule has 0 spiro atoms. The van der Waals surface area contributed by atoms with Gasteiger partial charge in [0.25, 0.3) is 5.91 Å². The van der Waals surface area contributed by atoms with E-state index in [0.29, 0.717) is 21.3 Å². The minimum atomic E-state index is -0.0975. The Morgan fingerprint density at radius 2 is 1.89 bits per heavy atom. The zero-order chi connectivity index (χ0) is 13.9. The van der Waals surface area contributed by atoms with E-state index >= 15 is 0 Å². The molecule has 3 nitrogen and oxygen atoms in total. The molecule has 0 aliphatic carbocycles. The van der Waals surface area contributed by atoms with Crippen molar-refractivity contribution in [2.75, 3.05) is 12.8 Å². The molecule has 0 saturated carbocycles. The van der Waals surface area contributed by atoms with Crippen molar-refractivity contribution in [3.05, 3.63) is 27.7 Å². The molecule has 1 aromatic rings. The lowest BCUT2D eigenvalue weighted by Crippen LogP contribution is -2.35. The molecule has 1 amide bonds. The number of nitrogens with zero attached hydrogens (tertiary/aromatic N) is 1.